The van der Waals surface area contributed by atoms with E-state index >= 15 is 0 Å². The molecule has 0 aliphatic heterocycles. The van der Waals surface area contributed by atoms with Crippen molar-refractivity contribution >= 4 is 33.5 Å². The monoisotopic (exact) mass is 282 g/mol. The number of fused-ring (bicyclic) bond motifs is 3. The summed E-state index contributed by atoms with van der Waals surface area (Å²) in [7, 11) is 0. The summed E-state index contributed by atoms with van der Waals surface area (Å²) >= 11 is 0. The third-order valence-corrected chi connectivity index (χ3v) is 3.58. The molecule has 1 atom stereocenters. The molecule has 0 fully saturated rings. The summed E-state index contributed by atoms with van der Waals surface area (Å²) in [5, 5.41) is 4.90. The topological polar surface area (TPSA) is 68.3 Å². The van der Waals surface area contributed by atoms with Crippen LogP contribution >= 0.6 is 0 Å². The highest BCUT2D eigenvalue weighted by Gasteiger charge is 2.13. The largest absolute Gasteiger partial charge is 0.456 e. The maximum Gasteiger partial charge on any atom is 0.241 e. The maximum absolute atomic E-state index is 12.0. The first kappa shape index (κ1) is 13.6. The Labute approximate surface area is 122 Å². The number of carbonyl (C=O) groups is 1. The molecule has 0 aliphatic rings. The van der Waals surface area contributed by atoms with Gasteiger partial charge in [-0.05, 0) is 30.7 Å². The first-order valence-electron chi connectivity index (χ1n) is 7.17. The number of benzene rings is 2. The van der Waals surface area contributed by atoms with Crippen molar-refractivity contribution in [1.29, 1.82) is 0 Å². The summed E-state index contributed by atoms with van der Waals surface area (Å²) in [5.41, 5.74) is 8.23. The molecular formula is C17H18N2O2. The van der Waals surface area contributed by atoms with Gasteiger partial charge in [-0.3, -0.25) is 4.79 Å². The summed E-state index contributed by atoms with van der Waals surface area (Å²) in [6, 6.07) is 13.0. The van der Waals surface area contributed by atoms with Gasteiger partial charge in [0.1, 0.15) is 11.2 Å². The summed E-state index contributed by atoms with van der Waals surface area (Å²) in [5.74, 6) is -0.149. The van der Waals surface area contributed by atoms with Crippen molar-refractivity contribution in [1.82, 2.24) is 0 Å². The van der Waals surface area contributed by atoms with E-state index in [1.165, 1.54) is 0 Å². The van der Waals surface area contributed by atoms with Gasteiger partial charge in [-0.1, -0.05) is 31.5 Å². The van der Waals surface area contributed by atoms with Crippen molar-refractivity contribution in [2.75, 3.05) is 5.32 Å². The van der Waals surface area contributed by atoms with Gasteiger partial charge >= 0.3 is 0 Å². The van der Waals surface area contributed by atoms with Gasteiger partial charge in [0.15, 0.2) is 0 Å². The number of hydrogen-bond donors (Lipinski definition) is 2. The van der Waals surface area contributed by atoms with Crippen LogP contribution < -0.4 is 11.1 Å². The van der Waals surface area contributed by atoms with Crippen molar-refractivity contribution in [3.05, 3.63) is 42.5 Å². The van der Waals surface area contributed by atoms with Crippen LogP contribution in [0.4, 0.5) is 5.69 Å². The average Bonchev–Trinajstić information content (AvgIpc) is 2.85. The Balaban J connectivity index is 1.93. The number of nitrogens with two attached hydrogens (primary N) is 1. The first-order valence-corrected chi connectivity index (χ1v) is 7.17. The van der Waals surface area contributed by atoms with Crippen LogP contribution in [0, 0.1) is 0 Å². The van der Waals surface area contributed by atoms with Gasteiger partial charge in [0.05, 0.1) is 6.04 Å². The molecule has 0 unspecified atom stereocenters. The highest BCUT2D eigenvalue weighted by atomic mass is 16.3. The van der Waals surface area contributed by atoms with Crippen molar-refractivity contribution in [3.63, 3.8) is 0 Å². The van der Waals surface area contributed by atoms with Crippen LogP contribution in [0.2, 0.25) is 0 Å². The second kappa shape index (κ2) is 5.58. The zero-order chi connectivity index (χ0) is 14.8. The molecule has 2 aromatic carbocycles. The molecule has 4 nitrogen and oxygen atoms in total. The molecule has 21 heavy (non-hydrogen) atoms. The van der Waals surface area contributed by atoms with Crippen LogP contribution in [0.5, 0.6) is 0 Å². The van der Waals surface area contributed by atoms with E-state index in [1.54, 1.807) is 0 Å². The highest BCUT2D eigenvalue weighted by molar-refractivity contribution is 6.07. The van der Waals surface area contributed by atoms with Crippen molar-refractivity contribution < 1.29 is 9.21 Å². The third-order valence-electron chi connectivity index (χ3n) is 3.58. The normalized spacial score (nSPS) is 12.7. The lowest BCUT2D eigenvalue weighted by Crippen LogP contribution is -2.35. The van der Waals surface area contributed by atoms with E-state index in [1.807, 2.05) is 49.4 Å². The van der Waals surface area contributed by atoms with Gasteiger partial charge < -0.3 is 15.5 Å². The molecule has 0 saturated carbocycles. The Bertz CT molecular complexity index is 792. The van der Waals surface area contributed by atoms with E-state index in [4.69, 9.17) is 10.2 Å². The van der Waals surface area contributed by atoms with E-state index in [2.05, 4.69) is 5.32 Å². The molecule has 0 aliphatic carbocycles. The Morgan fingerprint density at radius 2 is 1.95 bits per heavy atom. The standard InChI is InChI=1S/C17H18N2O2/c1-2-5-14(18)17(20)19-11-8-9-16-13(10-11)12-6-3-4-7-15(12)21-16/h3-4,6-10,14H,2,5,18H2,1H3,(H,19,20)/t14-/m1/s1. The minimum absolute atomic E-state index is 0.149. The predicted octanol–water partition coefficient (Wildman–Crippen LogP) is 3.65. The molecule has 3 aromatic rings. The SMILES string of the molecule is CCC[C@@H](N)C(=O)Nc1ccc2oc3ccccc3c2c1. The van der Waals surface area contributed by atoms with Gasteiger partial charge in [-0.2, -0.15) is 0 Å². The Hall–Kier alpha value is -2.33. The van der Waals surface area contributed by atoms with Gasteiger partial charge in [0, 0.05) is 16.5 Å². The number of hydrogen-bond acceptors (Lipinski definition) is 3. The molecule has 3 N–H and O–H groups in total. The molecule has 1 heterocycles. The molecule has 1 aromatic heterocycles. The van der Waals surface area contributed by atoms with Crippen LogP contribution in [-0.4, -0.2) is 11.9 Å². The van der Waals surface area contributed by atoms with Gasteiger partial charge in [0.2, 0.25) is 5.91 Å². The molecule has 4 heteroatoms. The van der Waals surface area contributed by atoms with E-state index < -0.39 is 6.04 Å². The summed E-state index contributed by atoms with van der Waals surface area (Å²) in [6.07, 6.45) is 1.57. The number of nitrogens with one attached hydrogen (secondary N) is 1. The Morgan fingerprint density at radius 3 is 2.76 bits per heavy atom. The van der Waals surface area contributed by atoms with E-state index in [9.17, 15) is 4.79 Å². The molecule has 1 amide bonds. The second-order valence-electron chi connectivity index (χ2n) is 5.19. The van der Waals surface area contributed by atoms with Gasteiger partial charge in [0.25, 0.3) is 0 Å². The number of para-hydroxylation sites is 1. The summed E-state index contributed by atoms with van der Waals surface area (Å²) in [4.78, 5) is 12.0. The van der Waals surface area contributed by atoms with Crippen molar-refractivity contribution in [2.24, 2.45) is 5.73 Å². The predicted molar refractivity (Wildman–Crippen MR) is 85.2 cm³/mol. The first-order chi connectivity index (χ1) is 10.2. The van der Waals surface area contributed by atoms with Crippen LogP contribution in [0.1, 0.15) is 19.8 Å². The van der Waals surface area contributed by atoms with Crippen LogP contribution in [0.25, 0.3) is 21.9 Å². The van der Waals surface area contributed by atoms with E-state index in [-0.39, 0.29) is 5.91 Å². The number of anilines is 1. The van der Waals surface area contributed by atoms with Gasteiger partial charge in [-0.25, -0.2) is 0 Å². The molecule has 0 spiro atoms. The molecule has 108 valence electrons. The zero-order valence-corrected chi connectivity index (χ0v) is 11.9. The van der Waals surface area contributed by atoms with E-state index in [0.29, 0.717) is 6.42 Å². The number of carbonyl (C=O) groups excluding carboxylic acids is 1. The number of furan rings is 1. The smallest absolute Gasteiger partial charge is 0.241 e. The van der Waals surface area contributed by atoms with Crippen LogP contribution in [0.15, 0.2) is 46.9 Å². The van der Waals surface area contributed by atoms with Crippen molar-refractivity contribution in [2.45, 2.75) is 25.8 Å². The zero-order valence-electron chi connectivity index (χ0n) is 11.9. The van der Waals surface area contributed by atoms with Gasteiger partial charge in [-0.15, -0.1) is 0 Å². The summed E-state index contributed by atoms with van der Waals surface area (Å²) in [6.45, 7) is 2.01. The average molecular weight is 282 g/mol. The van der Waals surface area contributed by atoms with Crippen molar-refractivity contribution in [3.8, 4) is 0 Å². The minimum atomic E-state index is -0.466. The lowest BCUT2D eigenvalue weighted by atomic mass is 10.1. The molecule has 0 radical (unpaired) electrons. The third kappa shape index (κ3) is 2.62. The molecule has 0 saturated heterocycles. The molecule has 0 bridgehead atoms. The van der Waals surface area contributed by atoms with Crippen LogP contribution in [0.3, 0.4) is 0 Å². The fraction of sp³-hybridized carbons (Fsp3) is 0.235. The highest BCUT2D eigenvalue weighted by Crippen LogP contribution is 2.30. The second-order valence-corrected chi connectivity index (χ2v) is 5.19. The molecule has 3 rings (SSSR count). The molecular weight excluding hydrogens is 264 g/mol. The fourth-order valence-electron chi connectivity index (χ4n) is 2.48. The van der Waals surface area contributed by atoms with Crippen LogP contribution in [-0.2, 0) is 4.79 Å². The maximum atomic E-state index is 12.0. The quantitative estimate of drug-likeness (QED) is 0.767. The summed E-state index contributed by atoms with van der Waals surface area (Å²) < 4.78 is 5.76. The van der Waals surface area contributed by atoms with E-state index in [0.717, 1.165) is 34.0 Å². The minimum Gasteiger partial charge on any atom is -0.456 e. The Kier molecular flexibility index (Phi) is 3.62. The number of rotatable bonds is 4. The fourth-order valence-corrected chi connectivity index (χ4v) is 2.48. The Morgan fingerprint density at radius 1 is 1.19 bits per heavy atom. The number of amides is 1. The lowest BCUT2D eigenvalue weighted by molar-refractivity contribution is -0.117. The lowest BCUT2D eigenvalue weighted by Gasteiger charge is -2.11.